The molecular weight excluding hydrogens is 320 g/mol. The third kappa shape index (κ3) is 5.62. The van der Waals surface area contributed by atoms with Crippen molar-refractivity contribution < 1.29 is 5.11 Å². The van der Waals surface area contributed by atoms with Gasteiger partial charge in [-0.05, 0) is 68.8 Å². The average Bonchev–Trinajstić information content (AvgIpc) is 2.60. The maximum absolute atomic E-state index is 10.1. The Morgan fingerprint density at radius 2 is 2.12 bits per heavy atom. The Labute approximate surface area is 149 Å². The summed E-state index contributed by atoms with van der Waals surface area (Å²) < 4.78 is 0. The van der Waals surface area contributed by atoms with E-state index in [2.05, 4.69) is 27.3 Å². The maximum Gasteiger partial charge on any atom is 0.187 e. The molecule has 130 valence electrons. The molecule has 1 aromatic rings. The molecule has 1 saturated heterocycles. The zero-order chi connectivity index (χ0) is 17.4. The molecule has 1 heterocycles. The fraction of sp³-hybridized carbons (Fsp3) is 0.444. The monoisotopic (exact) mass is 346 g/mol. The quantitative estimate of drug-likeness (QED) is 0.320. The van der Waals surface area contributed by atoms with E-state index in [4.69, 9.17) is 12.2 Å². The molecule has 0 spiro atoms. The third-order valence-electron chi connectivity index (χ3n) is 4.07. The minimum absolute atomic E-state index is 0.341. The molecule has 1 aliphatic heterocycles. The van der Waals surface area contributed by atoms with Crippen molar-refractivity contribution in [2.45, 2.75) is 32.7 Å². The van der Waals surface area contributed by atoms with Crippen molar-refractivity contribution in [3.63, 3.8) is 0 Å². The second kappa shape index (κ2) is 9.39. The predicted molar refractivity (Wildman–Crippen MR) is 103 cm³/mol. The van der Waals surface area contributed by atoms with Gasteiger partial charge in [0.15, 0.2) is 5.11 Å². The summed E-state index contributed by atoms with van der Waals surface area (Å²) in [6.45, 7) is 9.12. The number of hydrogen-bond acceptors (Lipinski definition) is 4. The van der Waals surface area contributed by atoms with Crippen molar-refractivity contribution in [1.82, 2.24) is 15.6 Å². The standard InChI is InChI=1S/C18H26N4OS/c1-3-9-19-18(24)21-20-14(2)15-7-8-17(23)16(12-15)13-22-10-5-4-6-11-22/h3,7-8,12,23H,1,4-6,9-11,13H2,2H3,(H2,19,21,24)/b20-14+. The lowest BCUT2D eigenvalue weighted by Gasteiger charge is -2.26. The van der Waals surface area contributed by atoms with E-state index in [9.17, 15) is 5.11 Å². The van der Waals surface area contributed by atoms with Gasteiger partial charge in [-0.25, -0.2) is 0 Å². The van der Waals surface area contributed by atoms with E-state index >= 15 is 0 Å². The van der Waals surface area contributed by atoms with Crippen molar-refractivity contribution >= 4 is 23.0 Å². The smallest absolute Gasteiger partial charge is 0.187 e. The lowest BCUT2D eigenvalue weighted by molar-refractivity contribution is 0.218. The molecule has 0 unspecified atom stereocenters. The molecule has 0 aliphatic carbocycles. The molecule has 0 radical (unpaired) electrons. The van der Waals surface area contributed by atoms with E-state index in [-0.39, 0.29) is 0 Å². The fourth-order valence-electron chi connectivity index (χ4n) is 2.70. The number of aromatic hydroxyl groups is 1. The van der Waals surface area contributed by atoms with Crippen LogP contribution in [-0.4, -0.2) is 40.5 Å². The van der Waals surface area contributed by atoms with Gasteiger partial charge in [0.05, 0.1) is 5.71 Å². The summed E-state index contributed by atoms with van der Waals surface area (Å²) in [5.74, 6) is 0.341. The molecule has 0 atom stereocenters. The van der Waals surface area contributed by atoms with Crippen LogP contribution in [0, 0.1) is 0 Å². The first-order valence-corrected chi connectivity index (χ1v) is 8.74. The summed E-state index contributed by atoms with van der Waals surface area (Å²) >= 11 is 5.12. The van der Waals surface area contributed by atoms with Gasteiger partial charge in [-0.2, -0.15) is 5.10 Å². The number of piperidine rings is 1. The SMILES string of the molecule is C=CCNC(=S)N/N=C(\C)c1ccc(O)c(CN2CCCCC2)c1. The molecule has 1 fully saturated rings. The highest BCUT2D eigenvalue weighted by molar-refractivity contribution is 7.80. The number of nitrogens with one attached hydrogen (secondary N) is 2. The predicted octanol–water partition coefficient (Wildman–Crippen LogP) is 2.75. The van der Waals surface area contributed by atoms with Crippen molar-refractivity contribution in [2.24, 2.45) is 5.10 Å². The van der Waals surface area contributed by atoms with Crippen LogP contribution in [0.3, 0.4) is 0 Å². The van der Waals surface area contributed by atoms with Gasteiger partial charge in [0.1, 0.15) is 5.75 Å². The van der Waals surface area contributed by atoms with Gasteiger partial charge in [-0.15, -0.1) is 6.58 Å². The maximum atomic E-state index is 10.1. The first kappa shape index (κ1) is 18.4. The fourth-order valence-corrected chi connectivity index (χ4v) is 2.83. The number of nitrogens with zero attached hydrogens (tertiary/aromatic N) is 2. The molecule has 0 saturated carbocycles. The Morgan fingerprint density at radius 3 is 2.83 bits per heavy atom. The van der Waals surface area contributed by atoms with Crippen molar-refractivity contribution in [2.75, 3.05) is 19.6 Å². The van der Waals surface area contributed by atoms with E-state index in [1.165, 1.54) is 19.3 Å². The Hall–Kier alpha value is -1.92. The second-order valence-corrected chi connectivity index (χ2v) is 6.40. The number of hydrazone groups is 1. The summed E-state index contributed by atoms with van der Waals surface area (Å²) in [6, 6.07) is 5.61. The highest BCUT2D eigenvalue weighted by Crippen LogP contribution is 2.22. The Kier molecular flexibility index (Phi) is 7.21. The van der Waals surface area contributed by atoms with E-state index in [1.807, 2.05) is 19.1 Å². The van der Waals surface area contributed by atoms with Crippen LogP contribution >= 0.6 is 12.2 Å². The number of phenols is 1. The molecule has 3 N–H and O–H groups in total. The van der Waals surface area contributed by atoms with Gasteiger partial charge in [0, 0.05) is 18.7 Å². The first-order chi connectivity index (χ1) is 11.6. The van der Waals surface area contributed by atoms with Gasteiger partial charge in [0.2, 0.25) is 0 Å². The topological polar surface area (TPSA) is 59.9 Å². The van der Waals surface area contributed by atoms with E-state index in [0.717, 1.165) is 36.5 Å². The van der Waals surface area contributed by atoms with Crippen molar-refractivity contribution in [3.05, 3.63) is 42.0 Å². The minimum atomic E-state index is 0.341. The van der Waals surface area contributed by atoms with E-state index < -0.39 is 0 Å². The second-order valence-electron chi connectivity index (χ2n) is 5.99. The summed E-state index contributed by atoms with van der Waals surface area (Å²) in [5, 5.41) is 17.9. The van der Waals surface area contributed by atoms with Crippen LogP contribution in [0.1, 0.15) is 37.3 Å². The number of benzene rings is 1. The number of hydrogen-bond donors (Lipinski definition) is 3. The van der Waals surface area contributed by atoms with Crippen LogP contribution in [0.15, 0.2) is 36.0 Å². The summed E-state index contributed by atoms with van der Waals surface area (Å²) in [6.07, 6.45) is 5.51. The van der Waals surface area contributed by atoms with Gasteiger partial charge in [-0.1, -0.05) is 12.5 Å². The van der Waals surface area contributed by atoms with Crippen LogP contribution in [0.5, 0.6) is 5.75 Å². The molecule has 0 bridgehead atoms. The van der Waals surface area contributed by atoms with Crippen LogP contribution in [0.2, 0.25) is 0 Å². The van der Waals surface area contributed by atoms with Gasteiger partial charge in [0.25, 0.3) is 0 Å². The number of phenolic OH excluding ortho intramolecular Hbond substituents is 1. The van der Waals surface area contributed by atoms with Crippen LogP contribution in [0.25, 0.3) is 0 Å². The number of thiocarbonyl (C=S) groups is 1. The molecular formula is C18H26N4OS. The normalized spacial score (nSPS) is 15.8. The molecule has 1 aromatic carbocycles. The van der Waals surface area contributed by atoms with E-state index in [0.29, 0.717) is 17.4 Å². The molecule has 5 nitrogen and oxygen atoms in total. The van der Waals surface area contributed by atoms with Crippen LogP contribution in [0.4, 0.5) is 0 Å². The Balaban J connectivity index is 2.02. The van der Waals surface area contributed by atoms with Crippen molar-refractivity contribution in [1.29, 1.82) is 0 Å². The number of likely N-dealkylation sites (tertiary alicyclic amines) is 1. The largest absolute Gasteiger partial charge is 0.508 e. The molecule has 0 aromatic heterocycles. The first-order valence-electron chi connectivity index (χ1n) is 8.34. The van der Waals surface area contributed by atoms with Gasteiger partial charge in [-0.3, -0.25) is 10.3 Å². The lowest BCUT2D eigenvalue weighted by Crippen LogP contribution is -2.32. The number of rotatable bonds is 6. The highest BCUT2D eigenvalue weighted by atomic mass is 32.1. The summed E-state index contributed by atoms with van der Waals surface area (Å²) in [5.41, 5.74) is 5.55. The Morgan fingerprint density at radius 1 is 1.38 bits per heavy atom. The van der Waals surface area contributed by atoms with Crippen molar-refractivity contribution in [3.8, 4) is 5.75 Å². The van der Waals surface area contributed by atoms with Crippen LogP contribution in [-0.2, 0) is 6.54 Å². The molecule has 24 heavy (non-hydrogen) atoms. The molecule has 2 rings (SSSR count). The lowest BCUT2D eigenvalue weighted by atomic mass is 10.0. The molecule has 1 aliphatic rings. The van der Waals surface area contributed by atoms with E-state index in [1.54, 1.807) is 12.1 Å². The minimum Gasteiger partial charge on any atom is -0.508 e. The van der Waals surface area contributed by atoms with Crippen LogP contribution < -0.4 is 10.7 Å². The zero-order valence-corrected chi connectivity index (χ0v) is 15.0. The highest BCUT2D eigenvalue weighted by Gasteiger charge is 2.13. The molecule has 0 amide bonds. The third-order valence-corrected chi connectivity index (χ3v) is 4.31. The summed E-state index contributed by atoms with van der Waals surface area (Å²) in [4.78, 5) is 2.39. The average molecular weight is 347 g/mol. The van der Waals surface area contributed by atoms with Gasteiger partial charge < -0.3 is 10.4 Å². The zero-order valence-electron chi connectivity index (χ0n) is 14.2. The van der Waals surface area contributed by atoms with Gasteiger partial charge >= 0.3 is 0 Å². The Bertz CT molecular complexity index is 609. The summed E-state index contributed by atoms with van der Waals surface area (Å²) in [7, 11) is 0. The molecule has 6 heteroatoms.